The molecule has 0 atom stereocenters. The number of amides is 1. The number of anilines is 2. The van der Waals surface area contributed by atoms with Crippen LogP contribution >= 0.6 is 0 Å². The predicted molar refractivity (Wildman–Crippen MR) is 111 cm³/mol. The number of ether oxygens (including phenoxy) is 1. The highest BCUT2D eigenvalue weighted by molar-refractivity contribution is 5.92. The standard InChI is InChI=1S/C23H30N2O2/c1-2-3-17-24-19-11-13-20(14-12-19)25-23(26)18-9-15-22(16-10-18)27-21-7-5-4-6-8-21/h4-8,11-14,18,22,24H,2-3,9-10,15-17H2,1H3,(H,25,26). The highest BCUT2D eigenvalue weighted by Crippen LogP contribution is 2.28. The van der Waals surface area contributed by atoms with E-state index >= 15 is 0 Å². The van der Waals surface area contributed by atoms with Gasteiger partial charge in [-0.2, -0.15) is 0 Å². The molecular formula is C23H30N2O2. The van der Waals surface area contributed by atoms with E-state index in [0.29, 0.717) is 0 Å². The molecular weight excluding hydrogens is 336 g/mol. The third-order valence-electron chi connectivity index (χ3n) is 5.10. The molecule has 2 aromatic carbocycles. The van der Waals surface area contributed by atoms with Crippen LogP contribution in [0, 0.1) is 5.92 Å². The van der Waals surface area contributed by atoms with Crippen molar-refractivity contribution in [3.05, 3.63) is 54.6 Å². The van der Waals surface area contributed by atoms with E-state index in [9.17, 15) is 4.79 Å². The van der Waals surface area contributed by atoms with Crippen LogP contribution in [0.25, 0.3) is 0 Å². The van der Waals surface area contributed by atoms with Crippen molar-refractivity contribution in [3.63, 3.8) is 0 Å². The maximum Gasteiger partial charge on any atom is 0.227 e. The number of hydrogen-bond donors (Lipinski definition) is 2. The molecule has 0 saturated heterocycles. The Morgan fingerprint density at radius 1 is 0.963 bits per heavy atom. The van der Waals surface area contributed by atoms with Crippen LogP contribution in [0.15, 0.2) is 54.6 Å². The lowest BCUT2D eigenvalue weighted by atomic mass is 9.86. The Hall–Kier alpha value is -2.49. The Balaban J connectivity index is 1.42. The zero-order chi connectivity index (χ0) is 18.9. The van der Waals surface area contributed by atoms with Crippen molar-refractivity contribution in [2.24, 2.45) is 5.92 Å². The van der Waals surface area contributed by atoms with Gasteiger partial charge < -0.3 is 15.4 Å². The number of unbranched alkanes of at least 4 members (excludes halogenated alkanes) is 1. The molecule has 1 saturated carbocycles. The molecule has 2 aromatic rings. The number of para-hydroxylation sites is 1. The fourth-order valence-electron chi connectivity index (χ4n) is 3.46. The van der Waals surface area contributed by atoms with E-state index in [1.807, 2.05) is 54.6 Å². The number of carbonyl (C=O) groups is 1. The molecule has 0 aromatic heterocycles. The van der Waals surface area contributed by atoms with E-state index < -0.39 is 0 Å². The number of benzene rings is 2. The molecule has 144 valence electrons. The first-order valence-electron chi connectivity index (χ1n) is 10.1. The zero-order valence-corrected chi connectivity index (χ0v) is 16.1. The second-order valence-corrected chi connectivity index (χ2v) is 7.25. The highest BCUT2D eigenvalue weighted by atomic mass is 16.5. The monoisotopic (exact) mass is 366 g/mol. The van der Waals surface area contributed by atoms with Gasteiger partial charge in [-0.25, -0.2) is 0 Å². The first-order chi connectivity index (χ1) is 13.2. The summed E-state index contributed by atoms with van der Waals surface area (Å²) in [4.78, 5) is 12.6. The average Bonchev–Trinajstić information content (AvgIpc) is 2.71. The van der Waals surface area contributed by atoms with Gasteiger partial charge in [-0.3, -0.25) is 4.79 Å². The lowest BCUT2D eigenvalue weighted by molar-refractivity contribution is -0.121. The molecule has 0 bridgehead atoms. The molecule has 1 amide bonds. The van der Waals surface area contributed by atoms with E-state index in [-0.39, 0.29) is 17.9 Å². The van der Waals surface area contributed by atoms with Gasteiger partial charge in [0, 0.05) is 23.8 Å². The van der Waals surface area contributed by atoms with Crippen LogP contribution in [-0.2, 0) is 4.79 Å². The Morgan fingerprint density at radius 3 is 2.30 bits per heavy atom. The van der Waals surface area contributed by atoms with Gasteiger partial charge in [0.25, 0.3) is 0 Å². The van der Waals surface area contributed by atoms with Crippen molar-refractivity contribution >= 4 is 17.3 Å². The molecule has 0 aliphatic heterocycles. The largest absolute Gasteiger partial charge is 0.490 e. The summed E-state index contributed by atoms with van der Waals surface area (Å²) in [6, 6.07) is 17.9. The predicted octanol–water partition coefficient (Wildman–Crippen LogP) is 5.47. The van der Waals surface area contributed by atoms with Gasteiger partial charge in [0.1, 0.15) is 5.75 Å². The highest BCUT2D eigenvalue weighted by Gasteiger charge is 2.27. The summed E-state index contributed by atoms with van der Waals surface area (Å²) in [6.45, 7) is 3.16. The minimum absolute atomic E-state index is 0.0722. The molecule has 2 N–H and O–H groups in total. The van der Waals surface area contributed by atoms with E-state index in [1.54, 1.807) is 0 Å². The summed E-state index contributed by atoms with van der Waals surface area (Å²) in [5.74, 6) is 1.11. The maximum atomic E-state index is 12.6. The Bertz CT molecular complexity index is 692. The van der Waals surface area contributed by atoms with Gasteiger partial charge >= 0.3 is 0 Å². The van der Waals surface area contributed by atoms with E-state index in [1.165, 1.54) is 6.42 Å². The molecule has 4 nitrogen and oxygen atoms in total. The lowest BCUT2D eigenvalue weighted by Gasteiger charge is -2.28. The van der Waals surface area contributed by atoms with Gasteiger partial charge in [0.05, 0.1) is 6.10 Å². The van der Waals surface area contributed by atoms with Gasteiger partial charge in [0.15, 0.2) is 0 Å². The number of hydrogen-bond acceptors (Lipinski definition) is 3. The average molecular weight is 367 g/mol. The van der Waals surface area contributed by atoms with Crippen LogP contribution in [0.3, 0.4) is 0 Å². The zero-order valence-electron chi connectivity index (χ0n) is 16.1. The minimum Gasteiger partial charge on any atom is -0.490 e. The first kappa shape index (κ1) is 19.3. The van der Waals surface area contributed by atoms with Crippen LogP contribution < -0.4 is 15.4 Å². The molecule has 1 fully saturated rings. The fourth-order valence-corrected chi connectivity index (χ4v) is 3.46. The number of rotatable bonds is 8. The van der Waals surface area contributed by atoms with E-state index in [2.05, 4.69) is 17.6 Å². The van der Waals surface area contributed by atoms with Gasteiger partial charge in [-0.05, 0) is 68.5 Å². The number of nitrogens with one attached hydrogen (secondary N) is 2. The molecule has 4 heteroatoms. The van der Waals surface area contributed by atoms with Crippen LogP contribution in [0.4, 0.5) is 11.4 Å². The van der Waals surface area contributed by atoms with Crippen LogP contribution in [0.2, 0.25) is 0 Å². The van der Waals surface area contributed by atoms with Crippen molar-refractivity contribution in [2.45, 2.75) is 51.6 Å². The van der Waals surface area contributed by atoms with E-state index in [4.69, 9.17) is 4.74 Å². The quantitative estimate of drug-likeness (QED) is 0.609. The Morgan fingerprint density at radius 2 is 1.63 bits per heavy atom. The maximum absolute atomic E-state index is 12.6. The van der Waals surface area contributed by atoms with Crippen LogP contribution in [0.1, 0.15) is 45.4 Å². The van der Waals surface area contributed by atoms with Crippen molar-refractivity contribution in [2.75, 3.05) is 17.2 Å². The minimum atomic E-state index is 0.0722. The molecule has 1 aliphatic rings. The molecule has 0 heterocycles. The van der Waals surface area contributed by atoms with E-state index in [0.717, 1.165) is 55.8 Å². The second-order valence-electron chi connectivity index (χ2n) is 7.25. The molecule has 27 heavy (non-hydrogen) atoms. The van der Waals surface area contributed by atoms with Crippen molar-refractivity contribution in [3.8, 4) is 5.75 Å². The SMILES string of the molecule is CCCCNc1ccc(NC(=O)C2CCC(Oc3ccccc3)CC2)cc1. The molecule has 1 aliphatic carbocycles. The van der Waals surface area contributed by atoms with Crippen molar-refractivity contribution < 1.29 is 9.53 Å². The Kier molecular flexibility index (Phi) is 7.14. The van der Waals surface area contributed by atoms with Gasteiger partial charge in [-0.1, -0.05) is 31.5 Å². The van der Waals surface area contributed by atoms with Gasteiger partial charge in [-0.15, -0.1) is 0 Å². The summed E-state index contributed by atoms with van der Waals surface area (Å²) >= 11 is 0. The summed E-state index contributed by atoms with van der Waals surface area (Å²) in [6.07, 6.45) is 6.15. The van der Waals surface area contributed by atoms with Crippen molar-refractivity contribution in [1.82, 2.24) is 0 Å². The summed E-state index contributed by atoms with van der Waals surface area (Å²) < 4.78 is 6.02. The normalized spacial score (nSPS) is 19.3. The molecule has 0 spiro atoms. The first-order valence-corrected chi connectivity index (χ1v) is 10.1. The third-order valence-corrected chi connectivity index (χ3v) is 5.10. The summed E-state index contributed by atoms with van der Waals surface area (Å²) in [5, 5.41) is 6.45. The smallest absolute Gasteiger partial charge is 0.227 e. The third kappa shape index (κ3) is 6.02. The molecule has 0 radical (unpaired) electrons. The summed E-state index contributed by atoms with van der Waals surface area (Å²) in [5.41, 5.74) is 1.96. The fraction of sp³-hybridized carbons (Fsp3) is 0.435. The molecule has 3 rings (SSSR count). The second kappa shape index (κ2) is 10.0. The molecule has 0 unspecified atom stereocenters. The van der Waals surface area contributed by atoms with Crippen LogP contribution in [0.5, 0.6) is 5.75 Å². The Labute approximate surface area is 162 Å². The lowest BCUT2D eigenvalue weighted by Crippen LogP contribution is -2.31. The van der Waals surface area contributed by atoms with Gasteiger partial charge in [0.2, 0.25) is 5.91 Å². The van der Waals surface area contributed by atoms with Crippen LogP contribution in [-0.4, -0.2) is 18.6 Å². The van der Waals surface area contributed by atoms with Crippen molar-refractivity contribution in [1.29, 1.82) is 0 Å². The topological polar surface area (TPSA) is 50.4 Å². The summed E-state index contributed by atoms with van der Waals surface area (Å²) in [7, 11) is 0. The number of carbonyl (C=O) groups excluding carboxylic acids is 1.